The Morgan fingerprint density at radius 3 is 2.93 bits per heavy atom. The van der Waals surface area contributed by atoms with Gasteiger partial charge in [-0.3, -0.25) is 4.79 Å². The third-order valence-electron chi connectivity index (χ3n) is 1.53. The van der Waals surface area contributed by atoms with E-state index in [0.717, 1.165) is 6.07 Å². The van der Waals surface area contributed by atoms with Gasteiger partial charge >= 0.3 is 0 Å². The van der Waals surface area contributed by atoms with Gasteiger partial charge < -0.3 is 5.32 Å². The van der Waals surface area contributed by atoms with Gasteiger partial charge in [0.05, 0.1) is 11.0 Å². The summed E-state index contributed by atoms with van der Waals surface area (Å²) in [5.74, 6) is 1.41. The molecule has 1 aromatic carbocycles. The maximum atomic E-state index is 13.0. The zero-order valence-electron chi connectivity index (χ0n) is 7.18. The van der Waals surface area contributed by atoms with E-state index in [0.29, 0.717) is 4.47 Å². The fraction of sp³-hybridized carbons (Fsp3) is 0.100. The Hall–Kier alpha value is -1.34. The molecule has 1 aromatic rings. The van der Waals surface area contributed by atoms with E-state index in [1.807, 2.05) is 0 Å². The van der Waals surface area contributed by atoms with Gasteiger partial charge in [0.15, 0.2) is 0 Å². The first-order chi connectivity index (χ1) is 6.65. The maximum absolute atomic E-state index is 13.0. The van der Waals surface area contributed by atoms with E-state index in [1.54, 1.807) is 0 Å². The fourth-order valence-electron chi connectivity index (χ4n) is 0.871. The van der Waals surface area contributed by atoms with E-state index in [9.17, 15) is 9.18 Å². The van der Waals surface area contributed by atoms with Gasteiger partial charge in [-0.05, 0) is 34.1 Å². The first-order valence-corrected chi connectivity index (χ1v) is 4.61. The summed E-state index contributed by atoms with van der Waals surface area (Å²) in [6.45, 7) is 0.135. The van der Waals surface area contributed by atoms with Crippen LogP contribution in [0.2, 0.25) is 0 Å². The number of nitrogens with one attached hydrogen (secondary N) is 1. The summed E-state index contributed by atoms with van der Waals surface area (Å²) in [7, 11) is 0. The summed E-state index contributed by atoms with van der Waals surface area (Å²) in [4.78, 5) is 11.3. The molecule has 1 N–H and O–H groups in total. The number of rotatable bonds is 2. The van der Waals surface area contributed by atoms with Crippen LogP contribution in [-0.4, -0.2) is 12.5 Å². The number of benzene rings is 1. The number of carbonyl (C=O) groups excluding carboxylic acids is 1. The molecule has 0 aromatic heterocycles. The highest BCUT2D eigenvalue weighted by Crippen LogP contribution is 2.16. The van der Waals surface area contributed by atoms with Crippen molar-refractivity contribution in [2.45, 2.75) is 0 Å². The van der Waals surface area contributed by atoms with Gasteiger partial charge in [-0.2, -0.15) is 0 Å². The lowest BCUT2D eigenvalue weighted by Gasteiger charge is -2.02. The van der Waals surface area contributed by atoms with Crippen molar-refractivity contribution in [1.29, 1.82) is 0 Å². The van der Waals surface area contributed by atoms with Crippen LogP contribution in [0.15, 0.2) is 22.7 Å². The molecular weight excluding hydrogens is 249 g/mol. The van der Waals surface area contributed by atoms with E-state index in [4.69, 9.17) is 6.42 Å². The largest absolute Gasteiger partial charge is 0.341 e. The lowest BCUT2D eigenvalue weighted by atomic mass is 10.2. The zero-order chi connectivity index (χ0) is 10.6. The molecular formula is C10H7BrFNO. The molecule has 2 nitrogen and oxygen atoms in total. The predicted molar refractivity (Wildman–Crippen MR) is 55.3 cm³/mol. The van der Waals surface area contributed by atoms with Gasteiger partial charge in [-0.25, -0.2) is 4.39 Å². The molecule has 0 saturated heterocycles. The molecule has 0 radical (unpaired) electrons. The Kier molecular flexibility index (Phi) is 3.66. The molecule has 0 aliphatic rings. The van der Waals surface area contributed by atoms with Crippen molar-refractivity contribution in [3.63, 3.8) is 0 Å². The first kappa shape index (κ1) is 10.7. The van der Waals surface area contributed by atoms with Gasteiger partial charge in [-0.1, -0.05) is 5.92 Å². The standard InChI is InChI=1S/C10H7BrFNO/c1-2-5-13-10(14)7-3-4-8(11)9(12)6-7/h1,3-4,6H,5H2,(H,13,14). The first-order valence-electron chi connectivity index (χ1n) is 3.82. The van der Waals surface area contributed by atoms with Gasteiger partial charge in [0.25, 0.3) is 5.91 Å². The van der Waals surface area contributed by atoms with Crippen LogP contribution >= 0.6 is 15.9 Å². The Morgan fingerprint density at radius 1 is 1.64 bits per heavy atom. The summed E-state index contributed by atoms with van der Waals surface area (Å²) in [6.07, 6.45) is 4.96. The van der Waals surface area contributed by atoms with E-state index < -0.39 is 5.82 Å². The summed E-state index contributed by atoms with van der Waals surface area (Å²) < 4.78 is 13.3. The van der Waals surface area contributed by atoms with Crippen LogP contribution in [0.3, 0.4) is 0 Å². The SMILES string of the molecule is C#CCNC(=O)c1ccc(Br)c(F)c1. The molecule has 0 unspecified atom stereocenters. The second kappa shape index (κ2) is 4.77. The van der Waals surface area contributed by atoms with Crippen molar-refractivity contribution in [3.05, 3.63) is 34.1 Å². The molecule has 0 spiro atoms. The van der Waals surface area contributed by atoms with E-state index in [1.165, 1.54) is 12.1 Å². The quantitative estimate of drug-likeness (QED) is 0.805. The van der Waals surface area contributed by atoms with Crippen molar-refractivity contribution in [2.24, 2.45) is 0 Å². The Balaban J connectivity index is 2.82. The fourth-order valence-corrected chi connectivity index (χ4v) is 1.12. The third-order valence-corrected chi connectivity index (χ3v) is 2.18. The minimum absolute atomic E-state index is 0.135. The van der Waals surface area contributed by atoms with Gasteiger partial charge in [-0.15, -0.1) is 6.42 Å². The van der Waals surface area contributed by atoms with E-state index in [-0.39, 0.29) is 18.0 Å². The van der Waals surface area contributed by atoms with Gasteiger partial charge in [0.2, 0.25) is 0 Å². The average Bonchev–Trinajstić information content (AvgIpc) is 2.18. The molecule has 0 saturated carbocycles. The monoisotopic (exact) mass is 255 g/mol. The van der Waals surface area contributed by atoms with Gasteiger partial charge in [0, 0.05) is 5.56 Å². The number of amides is 1. The molecule has 0 aliphatic heterocycles. The molecule has 1 amide bonds. The van der Waals surface area contributed by atoms with Crippen LogP contribution < -0.4 is 5.32 Å². The summed E-state index contributed by atoms with van der Waals surface area (Å²) >= 11 is 2.99. The normalized spacial score (nSPS) is 9.21. The highest BCUT2D eigenvalue weighted by Gasteiger charge is 2.07. The highest BCUT2D eigenvalue weighted by atomic mass is 79.9. The Bertz CT molecular complexity index is 398. The molecule has 0 bridgehead atoms. The predicted octanol–water partition coefficient (Wildman–Crippen LogP) is 1.95. The molecule has 4 heteroatoms. The maximum Gasteiger partial charge on any atom is 0.252 e. The highest BCUT2D eigenvalue weighted by molar-refractivity contribution is 9.10. The second-order valence-electron chi connectivity index (χ2n) is 2.52. The van der Waals surface area contributed by atoms with Crippen LogP contribution in [0.25, 0.3) is 0 Å². The third kappa shape index (κ3) is 2.57. The molecule has 14 heavy (non-hydrogen) atoms. The lowest BCUT2D eigenvalue weighted by Crippen LogP contribution is -2.23. The summed E-state index contributed by atoms with van der Waals surface area (Å²) in [5, 5.41) is 2.44. The lowest BCUT2D eigenvalue weighted by molar-refractivity contribution is 0.0958. The van der Waals surface area contributed by atoms with E-state index in [2.05, 4.69) is 27.2 Å². The van der Waals surface area contributed by atoms with Crippen LogP contribution in [0.4, 0.5) is 4.39 Å². The molecule has 0 heterocycles. The number of halogens is 2. The van der Waals surface area contributed by atoms with Crippen LogP contribution in [-0.2, 0) is 0 Å². The summed E-state index contributed by atoms with van der Waals surface area (Å²) in [6, 6.07) is 4.13. The smallest absolute Gasteiger partial charge is 0.252 e. The average molecular weight is 256 g/mol. The molecule has 0 fully saturated rings. The molecule has 0 atom stereocenters. The molecule has 72 valence electrons. The van der Waals surface area contributed by atoms with Crippen molar-refractivity contribution >= 4 is 21.8 Å². The minimum Gasteiger partial charge on any atom is -0.341 e. The van der Waals surface area contributed by atoms with Crippen LogP contribution in [0, 0.1) is 18.2 Å². The van der Waals surface area contributed by atoms with Crippen molar-refractivity contribution in [1.82, 2.24) is 5.32 Å². The van der Waals surface area contributed by atoms with Crippen molar-refractivity contribution in [2.75, 3.05) is 6.54 Å². The van der Waals surface area contributed by atoms with Crippen LogP contribution in [0.1, 0.15) is 10.4 Å². The van der Waals surface area contributed by atoms with Crippen molar-refractivity contribution < 1.29 is 9.18 Å². The molecule has 1 rings (SSSR count). The van der Waals surface area contributed by atoms with E-state index >= 15 is 0 Å². The number of carbonyl (C=O) groups is 1. The zero-order valence-corrected chi connectivity index (χ0v) is 8.77. The summed E-state index contributed by atoms with van der Waals surface area (Å²) in [5.41, 5.74) is 0.251. The Labute approximate surface area is 89.6 Å². The van der Waals surface area contributed by atoms with Gasteiger partial charge in [0.1, 0.15) is 5.82 Å². The van der Waals surface area contributed by atoms with Crippen molar-refractivity contribution in [3.8, 4) is 12.3 Å². The number of hydrogen-bond acceptors (Lipinski definition) is 1. The minimum atomic E-state index is -0.474. The topological polar surface area (TPSA) is 29.1 Å². The number of terminal acetylenes is 1. The molecule has 0 aliphatic carbocycles. The second-order valence-corrected chi connectivity index (χ2v) is 3.37. The Morgan fingerprint density at radius 2 is 2.36 bits per heavy atom. The number of hydrogen-bond donors (Lipinski definition) is 1. The van der Waals surface area contributed by atoms with Crippen LogP contribution in [0.5, 0.6) is 0 Å².